The zero-order chi connectivity index (χ0) is 15.7. The summed E-state index contributed by atoms with van der Waals surface area (Å²) in [6, 6.07) is 12.0. The molecule has 0 amide bonds. The molecule has 1 aromatic heterocycles. The van der Waals surface area contributed by atoms with Gasteiger partial charge < -0.3 is 5.11 Å². The van der Waals surface area contributed by atoms with Crippen molar-refractivity contribution in [2.75, 3.05) is 4.72 Å². The summed E-state index contributed by atoms with van der Waals surface area (Å²) >= 11 is 1.40. The van der Waals surface area contributed by atoms with Crippen LogP contribution in [0.4, 0.5) is 5.69 Å². The van der Waals surface area contributed by atoms with Crippen LogP contribution in [0.2, 0.25) is 0 Å². The van der Waals surface area contributed by atoms with Gasteiger partial charge in [0, 0.05) is 15.5 Å². The van der Waals surface area contributed by atoms with Gasteiger partial charge in [0.1, 0.15) is 10.6 Å². The molecule has 0 radical (unpaired) electrons. The standard InChI is InChI=1S/C16H15NO3S2/c1-2-11-9-12(18)7-8-14(11)17-22(19,20)16-10-21-15-6-4-3-5-13(15)16/h3-10,17-18H,2H2,1H3. The molecule has 0 spiro atoms. The quantitative estimate of drug-likeness (QED) is 0.710. The molecule has 0 saturated carbocycles. The van der Waals surface area contributed by atoms with Crippen molar-refractivity contribution in [2.24, 2.45) is 0 Å². The molecule has 2 aromatic carbocycles. The number of fused-ring (bicyclic) bond motifs is 1. The lowest BCUT2D eigenvalue weighted by Crippen LogP contribution is -2.13. The summed E-state index contributed by atoms with van der Waals surface area (Å²) in [6.07, 6.45) is 0.622. The van der Waals surface area contributed by atoms with Crippen molar-refractivity contribution in [3.05, 3.63) is 53.4 Å². The number of hydrogen-bond acceptors (Lipinski definition) is 4. The molecule has 0 aliphatic rings. The number of phenols is 1. The number of hydrogen-bond donors (Lipinski definition) is 2. The van der Waals surface area contributed by atoms with E-state index in [-0.39, 0.29) is 10.6 Å². The predicted octanol–water partition coefficient (Wildman–Crippen LogP) is 3.97. The molecular formula is C16H15NO3S2. The Balaban J connectivity index is 2.04. The molecule has 0 aliphatic carbocycles. The van der Waals surface area contributed by atoms with E-state index in [1.165, 1.54) is 17.4 Å². The van der Waals surface area contributed by atoms with E-state index in [9.17, 15) is 13.5 Å². The predicted molar refractivity (Wildman–Crippen MR) is 90.1 cm³/mol. The average molecular weight is 333 g/mol. The lowest BCUT2D eigenvalue weighted by atomic mass is 10.1. The first-order valence-electron chi connectivity index (χ1n) is 6.82. The van der Waals surface area contributed by atoms with Gasteiger partial charge >= 0.3 is 0 Å². The highest BCUT2D eigenvalue weighted by atomic mass is 32.2. The fourth-order valence-electron chi connectivity index (χ4n) is 2.33. The summed E-state index contributed by atoms with van der Waals surface area (Å²) in [5.74, 6) is 0.126. The Morgan fingerprint density at radius 2 is 1.95 bits per heavy atom. The number of rotatable bonds is 4. The maximum atomic E-state index is 12.7. The summed E-state index contributed by atoms with van der Waals surface area (Å²) in [5.41, 5.74) is 1.25. The molecule has 6 heteroatoms. The Hall–Kier alpha value is -2.05. The number of aryl methyl sites for hydroxylation is 1. The minimum Gasteiger partial charge on any atom is -0.508 e. The van der Waals surface area contributed by atoms with E-state index in [2.05, 4.69) is 4.72 Å². The van der Waals surface area contributed by atoms with E-state index in [1.54, 1.807) is 23.6 Å². The highest BCUT2D eigenvalue weighted by Crippen LogP contribution is 2.31. The van der Waals surface area contributed by atoms with Gasteiger partial charge in [-0.3, -0.25) is 4.72 Å². The minimum atomic E-state index is -3.66. The number of nitrogens with one attached hydrogen (secondary N) is 1. The topological polar surface area (TPSA) is 66.4 Å². The van der Waals surface area contributed by atoms with Crippen molar-refractivity contribution in [1.29, 1.82) is 0 Å². The molecule has 3 rings (SSSR count). The third-order valence-corrected chi connectivity index (χ3v) is 5.97. The number of anilines is 1. The maximum absolute atomic E-state index is 12.7. The van der Waals surface area contributed by atoms with E-state index in [0.29, 0.717) is 12.1 Å². The van der Waals surface area contributed by atoms with Crippen molar-refractivity contribution in [3.63, 3.8) is 0 Å². The molecule has 0 saturated heterocycles. The Morgan fingerprint density at radius 3 is 2.73 bits per heavy atom. The molecule has 0 aliphatic heterocycles. The summed E-state index contributed by atoms with van der Waals surface area (Å²) in [4.78, 5) is 0.281. The molecule has 2 N–H and O–H groups in total. The summed E-state index contributed by atoms with van der Waals surface area (Å²) in [6.45, 7) is 1.91. The van der Waals surface area contributed by atoms with E-state index < -0.39 is 10.0 Å². The van der Waals surface area contributed by atoms with Crippen molar-refractivity contribution in [1.82, 2.24) is 0 Å². The van der Waals surface area contributed by atoms with Gasteiger partial charge in [0.25, 0.3) is 10.0 Å². The molecule has 0 atom stereocenters. The number of aromatic hydroxyl groups is 1. The molecule has 0 unspecified atom stereocenters. The maximum Gasteiger partial charge on any atom is 0.263 e. The number of sulfonamides is 1. The van der Waals surface area contributed by atoms with Gasteiger partial charge in [-0.05, 0) is 36.2 Å². The van der Waals surface area contributed by atoms with Crippen molar-refractivity contribution >= 4 is 37.1 Å². The van der Waals surface area contributed by atoms with Crippen LogP contribution in [-0.4, -0.2) is 13.5 Å². The molecule has 4 nitrogen and oxygen atoms in total. The third kappa shape index (κ3) is 2.67. The average Bonchev–Trinajstić information content (AvgIpc) is 2.93. The summed E-state index contributed by atoms with van der Waals surface area (Å²) < 4.78 is 28.9. The Kier molecular flexibility index (Phi) is 3.80. The van der Waals surface area contributed by atoms with Crippen LogP contribution < -0.4 is 4.72 Å². The second-order valence-electron chi connectivity index (χ2n) is 4.90. The first-order valence-corrected chi connectivity index (χ1v) is 9.18. The van der Waals surface area contributed by atoms with Crippen LogP contribution in [-0.2, 0) is 16.4 Å². The van der Waals surface area contributed by atoms with Gasteiger partial charge in [0.05, 0.1) is 5.69 Å². The highest BCUT2D eigenvalue weighted by molar-refractivity contribution is 7.93. The smallest absolute Gasteiger partial charge is 0.263 e. The Morgan fingerprint density at radius 1 is 1.18 bits per heavy atom. The largest absolute Gasteiger partial charge is 0.508 e. The van der Waals surface area contributed by atoms with Gasteiger partial charge in [-0.25, -0.2) is 8.42 Å². The van der Waals surface area contributed by atoms with Gasteiger partial charge in [-0.2, -0.15) is 0 Å². The van der Waals surface area contributed by atoms with E-state index in [4.69, 9.17) is 0 Å². The van der Waals surface area contributed by atoms with Crippen LogP contribution in [0.1, 0.15) is 12.5 Å². The van der Waals surface area contributed by atoms with Crippen molar-refractivity contribution in [2.45, 2.75) is 18.2 Å². The Labute approximate surface area is 133 Å². The first kappa shape index (κ1) is 14.9. The molecule has 1 heterocycles. The van der Waals surface area contributed by atoms with Crippen LogP contribution in [0.25, 0.3) is 10.1 Å². The lowest BCUT2D eigenvalue weighted by Gasteiger charge is -2.11. The fraction of sp³-hybridized carbons (Fsp3) is 0.125. The van der Waals surface area contributed by atoms with E-state index >= 15 is 0 Å². The second kappa shape index (κ2) is 5.62. The second-order valence-corrected chi connectivity index (χ2v) is 7.46. The van der Waals surface area contributed by atoms with Crippen LogP contribution in [0, 0.1) is 0 Å². The first-order chi connectivity index (χ1) is 10.5. The number of benzene rings is 2. The van der Waals surface area contributed by atoms with Gasteiger partial charge in [0.2, 0.25) is 0 Å². The fourth-order valence-corrected chi connectivity index (χ4v) is 4.94. The van der Waals surface area contributed by atoms with Crippen LogP contribution in [0.5, 0.6) is 5.75 Å². The lowest BCUT2D eigenvalue weighted by molar-refractivity contribution is 0.474. The SMILES string of the molecule is CCc1cc(O)ccc1NS(=O)(=O)c1csc2ccccc12. The highest BCUT2D eigenvalue weighted by Gasteiger charge is 2.20. The van der Waals surface area contributed by atoms with Crippen molar-refractivity contribution in [3.8, 4) is 5.75 Å². The number of thiophene rings is 1. The van der Waals surface area contributed by atoms with Crippen LogP contribution in [0.3, 0.4) is 0 Å². The summed E-state index contributed by atoms with van der Waals surface area (Å²) in [5, 5.41) is 11.9. The van der Waals surface area contributed by atoms with Crippen molar-refractivity contribution < 1.29 is 13.5 Å². The normalized spacial score (nSPS) is 11.7. The van der Waals surface area contributed by atoms with Gasteiger partial charge in [-0.1, -0.05) is 25.1 Å². The molecule has 0 bridgehead atoms. The zero-order valence-corrected chi connectivity index (χ0v) is 13.5. The van der Waals surface area contributed by atoms with Gasteiger partial charge in [0.15, 0.2) is 0 Å². The molecule has 0 fully saturated rings. The molecule has 3 aromatic rings. The Bertz CT molecular complexity index is 929. The molecule has 22 heavy (non-hydrogen) atoms. The minimum absolute atomic E-state index is 0.126. The summed E-state index contributed by atoms with van der Waals surface area (Å²) in [7, 11) is -3.66. The molecule has 114 valence electrons. The zero-order valence-electron chi connectivity index (χ0n) is 11.9. The molecular weight excluding hydrogens is 318 g/mol. The van der Waals surface area contributed by atoms with E-state index in [0.717, 1.165) is 15.6 Å². The van der Waals surface area contributed by atoms with Gasteiger partial charge in [-0.15, -0.1) is 11.3 Å². The van der Waals surface area contributed by atoms with Crippen LogP contribution in [0.15, 0.2) is 52.7 Å². The number of phenolic OH excluding ortho intramolecular Hbond substituents is 1. The van der Waals surface area contributed by atoms with E-state index in [1.807, 2.05) is 25.1 Å². The van der Waals surface area contributed by atoms with Crippen LogP contribution >= 0.6 is 11.3 Å². The third-order valence-electron chi connectivity index (χ3n) is 3.45. The monoisotopic (exact) mass is 333 g/mol.